The van der Waals surface area contributed by atoms with Gasteiger partial charge in [0.1, 0.15) is 11.4 Å². The maximum Gasteiger partial charge on any atom is 0.137 e. The molecule has 2 unspecified atom stereocenters. The second kappa shape index (κ2) is 4.74. The van der Waals surface area contributed by atoms with Crippen molar-refractivity contribution in [3.8, 4) is 5.75 Å². The normalized spacial score (nSPS) is 35.1. The van der Waals surface area contributed by atoms with E-state index in [0.29, 0.717) is 31.8 Å². The fourth-order valence-corrected chi connectivity index (χ4v) is 3.13. The fourth-order valence-electron chi connectivity index (χ4n) is 3.13. The molecule has 2 fully saturated rings. The van der Waals surface area contributed by atoms with Crippen LogP contribution in [0, 0.1) is 0 Å². The van der Waals surface area contributed by atoms with Crippen LogP contribution in [0.3, 0.4) is 0 Å². The first kappa shape index (κ1) is 12.8. The van der Waals surface area contributed by atoms with Crippen LogP contribution >= 0.6 is 0 Å². The molecule has 2 bridgehead atoms. The summed E-state index contributed by atoms with van der Waals surface area (Å²) in [5, 5.41) is 10.9. The molecule has 0 aromatic carbocycles. The third kappa shape index (κ3) is 2.22. The molecule has 1 N–H and O–H groups in total. The lowest BCUT2D eigenvalue weighted by Crippen LogP contribution is -2.59. The molecule has 3 rings (SSSR count). The second-order valence-electron chi connectivity index (χ2n) is 5.53. The Balaban J connectivity index is 1.86. The summed E-state index contributed by atoms with van der Waals surface area (Å²) < 4.78 is 10.7. The molecular formula is C14H20N2O3. The smallest absolute Gasteiger partial charge is 0.137 e. The molecule has 0 aliphatic carbocycles. The number of nitrogens with zero attached hydrogens (tertiary/aromatic N) is 2. The summed E-state index contributed by atoms with van der Waals surface area (Å²) in [7, 11) is 3.72. The van der Waals surface area contributed by atoms with E-state index in [9.17, 15) is 5.11 Å². The van der Waals surface area contributed by atoms with E-state index < -0.39 is 5.60 Å². The Bertz CT molecular complexity index is 435. The second-order valence-corrected chi connectivity index (χ2v) is 5.53. The summed E-state index contributed by atoms with van der Waals surface area (Å²) >= 11 is 0. The van der Waals surface area contributed by atoms with Crippen LogP contribution in [-0.4, -0.2) is 54.4 Å². The molecule has 0 saturated carbocycles. The summed E-state index contributed by atoms with van der Waals surface area (Å²) in [6.45, 7) is 1.37. The standard InChI is InChI=1S/C14H20N2O3/c1-16-10-5-14(17,6-11(16)9-19-8-10)13-4-3-12(18-2)7-15-13/h3-4,7,10-11,17H,5-6,8-9H2,1-2H3. The van der Waals surface area contributed by atoms with Gasteiger partial charge in [0.15, 0.2) is 0 Å². The van der Waals surface area contributed by atoms with E-state index in [1.165, 1.54) is 0 Å². The van der Waals surface area contributed by atoms with Crippen LogP contribution in [0.1, 0.15) is 18.5 Å². The molecule has 3 heterocycles. The summed E-state index contributed by atoms with van der Waals surface area (Å²) in [5.41, 5.74) is -0.115. The molecular weight excluding hydrogens is 244 g/mol. The third-order valence-electron chi connectivity index (χ3n) is 4.37. The minimum atomic E-state index is -0.849. The number of ether oxygens (including phenoxy) is 2. The van der Waals surface area contributed by atoms with E-state index in [4.69, 9.17) is 9.47 Å². The van der Waals surface area contributed by atoms with Crippen molar-refractivity contribution in [1.29, 1.82) is 0 Å². The number of aromatic nitrogens is 1. The molecule has 0 spiro atoms. The summed E-state index contributed by atoms with van der Waals surface area (Å²) in [5.74, 6) is 0.712. The average molecular weight is 264 g/mol. The van der Waals surface area contributed by atoms with Crippen LogP contribution in [-0.2, 0) is 10.3 Å². The molecule has 1 aromatic heterocycles. The van der Waals surface area contributed by atoms with Crippen LogP contribution in [0.25, 0.3) is 0 Å². The maximum atomic E-state index is 10.9. The minimum absolute atomic E-state index is 0.265. The van der Waals surface area contributed by atoms with Crippen LogP contribution in [0.15, 0.2) is 18.3 Å². The number of pyridine rings is 1. The van der Waals surface area contributed by atoms with Crippen molar-refractivity contribution in [1.82, 2.24) is 9.88 Å². The summed E-state index contributed by atoms with van der Waals surface area (Å²) in [6.07, 6.45) is 3.00. The van der Waals surface area contributed by atoms with Crippen LogP contribution < -0.4 is 4.74 Å². The van der Waals surface area contributed by atoms with Gasteiger partial charge in [-0.15, -0.1) is 0 Å². The summed E-state index contributed by atoms with van der Waals surface area (Å²) in [6, 6.07) is 4.24. The SMILES string of the molecule is COc1ccc(C2(O)CC3COCC(C2)N3C)nc1. The van der Waals surface area contributed by atoms with Crippen molar-refractivity contribution >= 4 is 0 Å². The van der Waals surface area contributed by atoms with Gasteiger partial charge in [-0.1, -0.05) is 0 Å². The van der Waals surface area contributed by atoms with E-state index in [0.717, 1.165) is 5.69 Å². The molecule has 19 heavy (non-hydrogen) atoms. The Morgan fingerprint density at radius 1 is 1.37 bits per heavy atom. The zero-order valence-corrected chi connectivity index (χ0v) is 11.4. The first-order valence-electron chi connectivity index (χ1n) is 6.65. The molecule has 5 nitrogen and oxygen atoms in total. The summed E-state index contributed by atoms with van der Waals surface area (Å²) in [4.78, 5) is 6.68. The monoisotopic (exact) mass is 264 g/mol. The largest absolute Gasteiger partial charge is 0.495 e. The van der Waals surface area contributed by atoms with Gasteiger partial charge in [0, 0.05) is 12.1 Å². The van der Waals surface area contributed by atoms with Gasteiger partial charge in [0.05, 0.1) is 32.2 Å². The number of hydrogen-bond donors (Lipinski definition) is 1. The van der Waals surface area contributed by atoms with Crippen LogP contribution in [0.2, 0.25) is 0 Å². The maximum absolute atomic E-state index is 10.9. The fraction of sp³-hybridized carbons (Fsp3) is 0.643. The van der Waals surface area contributed by atoms with Crippen molar-refractivity contribution in [2.75, 3.05) is 27.4 Å². The third-order valence-corrected chi connectivity index (χ3v) is 4.37. The molecule has 2 saturated heterocycles. The van der Waals surface area contributed by atoms with Gasteiger partial charge in [0.2, 0.25) is 0 Å². The highest BCUT2D eigenvalue weighted by atomic mass is 16.5. The molecule has 2 atom stereocenters. The number of likely N-dealkylation sites (N-methyl/N-ethyl adjacent to an activating group) is 1. The number of morpholine rings is 1. The molecule has 104 valence electrons. The van der Waals surface area contributed by atoms with Gasteiger partial charge in [-0.2, -0.15) is 0 Å². The van der Waals surface area contributed by atoms with E-state index in [1.807, 2.05) is 12.1 Å². The van der Waals surface area contributed by atoms with Crippen LogP contribution in [0.4, 0.5) is 0 Å². The number of aliphatic hydroxyl groups is 1. The minimum Gasteiger partial charge on any atom is -0.495 e. The lowest BCUT2D eigenvalue weighted by molar-refractivity contribution is -0.139. The highest BCUT2D eigenvalue weighted by Gasteiger charge is 2.46. The molecule has 0 radical (unpaired) electrons. The van der Waals surface area contributed by atoms with Crippen molar-refractivity contribution in [2.24, 2.45) is 0 Å². The Morgan fingerprint density at radius 2 is 2.05 bits per heavy atom. The number of piperidine rings is 1. The lowest BCUT2D eigenvalue weighted by atomic mass is 9.79. The van der Waals surface area contributed by atoms with Gasteiger partial charge in [-0.05, 0) is 32.0 Å². The lowest BCUT2D eigenvalue weighted by Gasteiger charge is -2.49. The van der Waals surface area contributed by atoms with Crippen molar-refractivity contribution < 1.29 is 14.6 Å². The average Bonchev–Trinajstić information content (AvgIpc) is 2.41. The Kier molecular flexibility index (Phi) is 3.20. The molecule has 0 amide bonds. The van der Waals surface area contributed by atoms with E-state index in [1.54, 1.807) is 13.3 Å². The van der Waals surface area contributed by atoms with Gasteiger partial charge >= 0.3 is 0 Å². The van der Waals surface area contributed by atoms with Crippen molar-refractivity contribution in [3.63, 3.8) is 0 Å². The van der Waals surface area contributed by atoms with Gasteiger partial charge < -0.3 is 14.6 Å². The molecule has 2 aliphatic rings. The van der Waals surface area contributed by atoms with Crippen LogP contribution in [0.5, 0.6) is 5.75 Å². The van der Waals surface area contributed by atoms with E-state index in [-0.39, 0.29) is 12.1 Å². The zero-order valence-electron chi connectivity index (χ0n) is 11.4. The van der Waals surface area contributed by atoms with E-state index >= 15 is 0 Å². The van der Waals surface area contributed by atoms with Gasteiger partial charge in [-0.25, -0.2) is 0 Å². The van der Waals surface area contributed by atoms with E-state index in [2.05, 4.69) is 16.9 Å². The first-order chi connectivity index (χ1) is 9.12. The van der Waals surface area contributed by atoms with Gasteiger partial charge in [0.25, 0.3) is 0 Å². The molecule has 5 heteroatoms. The quantitative estimate of drug-likeness (QED) is 0.855. The molecule has 2 aliphatic heterocycles. The van der Waals surface area contributed by atoms with Crippen molar-refractivity contribution in [3.05, 3.63) is 24.0 Å². The predicted molar refractivity (Wildman–Crippen MR) is 70.1 cm³/mol. The topological polar surface area (TPSA) is 54.8 Å². The Hall–Kier alpha value is -1.17. The number of methoxy groups -OCH3 is 1. The van der Waals surface area contributed by atoms with Gasteiger partial charge in [-0.3, -0.25) is 9.88 Å². The highest BCUT2D eigenvalue weighted by Crippen LogP contribution is 2.39. The number of rotatable bonds is 2. The zero-order chi connectivity index (χ0) is 13.5. The Labute approximate surface area is 113 Å². The predicted octanol–water partition coefficient (Wildman–Crippen LogP) is 0.771. The number of hydrogen-bond acceptors (Lipinski definition) is 5. The first-order valence-corrected chi connectivity index (χ1v) is 6.65. The van der Waals surface area contributed by atoms with Crippen molar-refractivity contribution in [2.45, 2.75) is 30.5 Å². The molecule has 1 aromatic rings. The Morgan fingerprint density at radius 3 is 2.58 bits per heavy atom. The highest BCUT2D eigenvalue weighted by molar-refractivity contribution is 5.24. The number of fused-ring (bicyclic) bond motifs is 2.